The molecule has 0 fully saturated rings. The molecule has 2 aromatic rings. The van der Waals surface area contributed by atoms with Crippen molar-refractivity contribution in [3.63, 3.8) is 0 Å². The molecular formula is C17H17NO4. The molecule has 3 rings (SSSR count). The number of fused-ring (bicyclic) bond motifs is 1. The lowest BCUT2D eigenvalue weighted by molar-refractivity contribution is -0.140. The van der Waals surface area contributed by atoms with Crippen molar-refractivity contribution in [2.75, 3.05) is 6.54 Å². The summed E-state index contributed by atoms with van der Waals surface area (Å²) in [5, 5.41) is 0. The van der Waals surface area contributed by atoms with Crippen molar-refractivity contribution in [2.24, 2.45) is 0 Å². The Bertz CT molecular complexity index is 678. The fourth-order valence-corrected chi connectivity index (χ4v) is 2.60. The number of ether oxygens (including phenoxy) is 1. The van der Waals surface area contributed by atoms with Gasteiger partial charge in [0.05, 0.1) is 11.8 Å². The third-order valence-corrected chi connectivity index (χ3v) is 3.83. The second-order valence-corrected chi connectivity index (χ2v) is 5.34. The van der Waals surface area contributed by atoms with Crippen LogP contribution in [0.1, 0.15) is 28.4 Å². The molecule has 0 saturated carbocycles. The molecule has 114 valence electrons. The van der Waals surface area contributed by atoms with Gasteiger partial charge < -0.3 is 14.1 Å². The van der Waals surface area contributed by atoms with E-state index in [4.69, 9.17) is 9.15 Å². The van der Waals surface area contributed by atoms with E-state index in [1.54, 1.807) is 11.8 Å². The number of amides is 1. The molecule has 0 aliphatic carbocycles. The molecule has 1 atom stereocenters. The Morgan fingerprint density at radius 3 is 2.73 bits per heavy atom. The van der Waals surface area contributed by atoms with Gasteiger partial charge in [0.1, 0.15) is 6.26 Å². The molecule has 5 heteroatoms. The molecule has 22 heavy (non-hydrogen) atoms. The van der Waals surface area contributed by atoms with Crippen molar-refractivity contribution in [1.29, 1.82) is 0 Å². The van der Waals surface area contributed by atoms with Crippen LogP contribution in [0.5, 0.6) is 0 Å². The SMILES string of the molecule is CC(OC(=O)c1ccoc1)C(=O)N1CCc2ccccc2C1. The Morgan fingerprint density at radius 1 is 1.23 bits per heavy atom. The van der Waals surface area contributed by atoms with E-state index in [1.165, 1.54) is 24.2 Å². The molecule has 1 aromatic carbocycles. The lowest BCUT2D eigenvalue weighted by Gasteiger charge is -2.30. The van der Waals surface area contributed by atoms with Gasteiger partial charge in [0, 0.05) is 13.1 Å². The zero-order valence-electron chi connectivity index (χ0n) is 12.3. The van der Waals surface area contributed by atoms with Gasteiger partial charge in [-0.1, -0.05) is 24.3 Å². The van der Waals surface area contributed by atoms with Crippen molar-refractivity contribution in [3.05, 3.63) is 59.5 Å². The van der Waals surface area contributed by atoms with Gasteiger partial charge in [-0.05, 0) is 30.5 Å². The second kappa shape index (κ2) is 6.05. The number of carbonyl (C=O) groups is 2. The molecule has 1 unspecified atom stereocenters. The minimum Gasteiger partial charge on any atom is -0.472 e. The maximum atomic E-state index is 12.4. The first-order chi connectivity index (χ1) is 10.6. The van der Waals surface area contributed by atoms with E-state index in [9.17, 15) is 9.59 Å². The summed E-state index contributed by atoms with van der Waals surface area (Å²) in [6.45, 7) is 2.80. The van der Waals surface area contributed by atoms with Crippen molar-refractivity contribution < 1.29 is 18.7 Å². The van der Waals surface area contributed by atoms with Crippen LogP contribution in [-0.4, -0.2) is 29.4 Å². The molecular weight excluding hydrogens is 282 g/mol. The number of benzene rings is 1. The number of hydrogen-bond donors (Lipinski definition) is 0. The van der Waals surface area contributed by atoms with Gasteiger partial charge in [-0.2, -0.15) is 0 Å². The summed E-state index contributed by atoms with van der Waals surface area (Å²) in [5.41, 5.74) is 2.73. The average Bonchev–Trinajstić information content (AvgIpc) is 3.08. The van der Waals surface area contributed by atoms with Gasteiger partial charge in [0.2, 0.25) is 0 Å². The highest BCUT2D eigenvalue weighted by Crippen LogP contribution is 2.19. The van der Waals surface area contributed by atoms with Crippen LogP contribution in [0, 0.1) is 0 Å². The predicted molar refractivity (Wildman–Crippen MR) is 79.1 cm³/mol. The maximum Gasteiger partial charge on any atom is 0.342 e. The molecule has 1 aliphatic rings. The molecule has 1 aromatic heterocycles. The van der Waals surface area contributed by atoms with Crippen LogP contribution in [0.4, 0.5) is 0 Å². The zero-order chi connectivity index (χ0) is 15.5. The smallest absolute Gasteiger partial charge is 0.342 e. The van der Waals surface area contributed by atoms with Crippen LogP contribution in [0.2, 0.25) is 0 Å². The van der Waals surface area contributed by atoms with Gasteiger partial charge in [-0.3, -0.25) is 4.79 Å². The molecule has 5 nitrogen and oxygen atoms in total. The van der Waals surface area contributed by atoms with E-state index in [-0.39, 0.29) is 5.91 Å². The van der Waals surface area contributed by atoms with Crippen LogP contribution < -0.4 is 0 Å². The normalized spacial score (nSPS) is 15.0. The van der Waals surface area contributed by atoms with Crippen LogP contribution in [-0.2, 0) is 22.5 Å². The lowest BCUT2D eigenvalue weighted by atomic mass is 9.99. The molecule has 0 saturated heterocycles. The zero-order valence-corrected chi connectivity index (χ0v) is 12.3. The van der Waals surface area contributed by atoms with Gasteiger partial charge in [-0.15, -0.1) is 0 Å². The average molecular weight is 299 g/mol. The Hall–Kier alpha value is -2.56. The summed E-state index contributed by atoms with van der Waals surface area (Å²) in [5.74, 6) is -0.724. The highest BCUT2D eigenvalue weighted by molar-refractivity contribution is 5.91. The van der Waals surface area contributed by atoms with Crippen molar-refractivity contribution >= 4 is 11.9 Å². The Labute approximate surface area is 128 Å². The number of hydrogen-bond acceptors (Lipinski definition) is 4. The number of furan rings is 1. The Kier molecular flexibility index (Phi) is 3.96. The largest absolute Gasteiger partial charge is 0.472 e. The standard InChI is InChI=1S/C17H17NO4/c1-12(22-17(20)15-7-9-21-11-15)16(19)18-8-6-13-4-2-3-5-14(13)10-18/h2-5,7,9,11-12H,6,8,10H2,1H3. The monoisotopic (exact) mass is 299 g/mol. The molecule has 0 bridgehead atoms. The van der Waals surface area contributed by atoms with E-state index >= 15 is 0 Å². The van der Waals surface area contributed by atoms with E-state index in [1.807, 2.05) is 18.2 Å². The number of nitrogens with zero attached hydrogens (tertiary/aromatic N) is 1. The summed E-state index contributed by atoms with van der Waals surface area (Å²) in [6, 6.07) is 9.59. The fraction of sp³-hybridized carbons (Fsp3) is 0.294. The van der Waals surface area contributed by atoms with Gasteiger partial charge in [-0.25, -0.2) is 4.79 Å². The molecule has 0 radical (unpaired) electrons. The molecule has 0 spiro atoms. The summed E-state index contributed by atoms with van der Waals surface area (Å²) in [6.07, 6.45) is 2.71. The van der Waals surface area contributed by atoms with Gasteiger partial charge in [0.15, 0.2) is 6.10 Å². The summed E-state index contributed by atoms with van der Waals surface area (Å²) in [4.78, 5) is 26.0. The van der Waals surface area contributed by atoms with Crippen molar-refractivity contribution in [2.45, 2.75) is 26.0 Å². The minimum atomic E-state index is -0.812. The van der Waals surface area contributed by atoms with E-state index in [0.29, 0.717) is 18.7 Å². The molecule has 0 N–H and O–H groups in total. The van der Waals surface area contributed by atoms with Crippen molar-refractivity contribution in [3.8, 4) is 0 Å². The third-order valence-electron chi connectivity index (χ3n) is 3.83. The first kappa shape index (κ1) is 14.4. The van der Waals surface area contributed by atoms with Crippen LogP contribution in [0.25, 0.3) is 0 Å². The van der Waals surface area contributed by atoms with Gasteiger partial charge in [0.25, 0.3) is 5.91 Å². The lowest BCUT2D eigenvalue weighted by Crippen LogP contribution is -2.42. The summed E-state index contributed by atoms with van der Waals surface area (Å²) >= 11 is 0. The van der Waals surface area contributed by atoms with Crippen LogP contribution in [0.15, 0.2) is 47.3 Å². The fourth-order valence-electron chi connectivity index (χ4n) is 2.60. The van der Waals surface area contributed by atoms with Gasteiger partial charge >= 0.3 is 5.97 Å². The van der Waals surface area contributed by atoms with E-state index in [2.05, 4.69) is 6.07 Å². The minimum absolute atomic E-state index is 0.175. The first-order valence-electron chi connectivity index (χ1n) is 7.24. The number of carbonyl (C=O) groups excluding carboxylic acids is 2. The van der Waals surface area contributed by atoms with E-state index in [0.717, 1.165) is 12.0 Å². The molecule has 1 amide bonds. The van der Waals surface area contributed by atoms with Crippen molar-refractivity contribution in [1.82, 2.24) is 4.90 Å². The molecule has 1 aliphatic heterocycles. The maximum absolute atomic E-state index is 12.4. The molecule has 2 heterocycles. The van der Waals surface area contributed by atoms with Crippen LogP contribution in [0.3, 0.4) is 0 Å². The number of esters is 1. The topological polar surface area (TPSA) is 59.8 Å². The van der Waals surface area contributed by atoms with E-state index < -0.39 is 12.1 Å². The first-order valence-corrected chi connectivity index (χ1v) is 7.24. The predicted octanol–water partition coefficient (Wildman–Crippen LogP) is 2.41. The number of rotatable bonds is 3. The highest BCUT2D eigenvalue weighted by atomic mass is 16.5. The quantitative estimate of drug-likeness (QED) is 0.817. The third kappa shape index (κ3) is 2.88. The summed E-state index contributed by atoms with van der Waals surface area (Å²) < 4.78 is 10.0. The summed E-state index contributed by atoms with van der Waals surface area (Å²) in [7, 11) is 0. The Morgan fingerprint density at radius 2 is 2.00 bits per heavy atom. The second-order valence-electron chi connectivity index (χ2n) is 5.34. The highest BCUT2D eigenvalue weighted by Gasteiger charge is 2.27. The Balaban J connectivity index is 1.63. The van der Waals surface area contributed by atoms with Crippen LogP contribution >= 0.6 is 0 Å².